The minimum Gasteiger partial charge on any atom is -0.368 e. The summed E-state index contributed by atoms with van der Waals surface area (Å²) in [7, 11) is 0. The molecule has 1 saturated heterocycles. The van der Waals surface area contributed by atoms with E-state index in [1.54, 1.807) is 6.20 Å². The number of nitrogens with one attached hydrogen (secondary N) is 2. The molecule has 5 nitrogen and oxygen atoms in total. The first kappa shape index (κ1) is 12.9. The van der Waals surface area contributed by atoms with E-state index in [0.29, 0.717) is 6.61 Å². The van der Waals surface area contributed by atoms with Gasteiger partial charge in [-0.15, -0.1) is 0 Å². The molecule has 0 bridgehead atoms. The van der Waals surface area contributed by atoms with Gasteiger partial charge in [-0.3, -0.25) is 9.89 Å². The number of nitrogens with zero attached hydrogens (tertiary/aromatic N) is 1. The van der Waals surface area contributed by atoms with Crippen molar-refractivity contribution in [3.63, 3.8) is 0 Å². The normalized spacial score (nSPS) is 18.7. The minimum absolute atomic E-state index is 0.0565. The molecule has 5 heteroatoms. The molecule has 1 fully saturated rings. The molecule has 0 aliphatic carbocycles. The van der Waals surface area contributed by atoms with Gasteiger partial charge in [-0.1, -0.05) is 12.1 Å². The Kier molecular flexibility index (Phi) is 3.78. The number of benzene rings is 1. The lowest BCUT2D eigenvalue weighted by Crippen LogP contribution is -2.33. The molecule has 20 heavy (non-hydrogen) atoms. The lowest BCUT2D eigenvalue weighted by Gasteiger charge is -2.21. The predicted molar refractivity (Wildman–Crippen MR) is 76.2 cm³/mol. The second-order valence-electron chi connectivity index (χ2n) is 4.89. The molecule has 1 amide bonds. The van der Waals surface area contributed by atoms with Crippen molar-refractivity contribution in [3.05, 3.63) is 36.5 Å². The zero-order chi connectivity index (χ0) is 13.8. The van der Waals surface area contributed by atoms with Crippen LogP contribution in [0.1, 0.15) is 19.3 Å². The Morgan fingerprint density at radius 2 is 2.10 bits per heavy atom. The SMILES string of the molecule is O=C(Nc1ccc(-c2ccn[nH]2)cc1)C1CCCCO1. The van der Waals surface area contributed by atoms with Gasteiger partial charge in [0.25, 0.3) is 5.91 Å². The molecule has 104 valence electrons. The van der Waals surface area contributed by atoms with Gasteiger partial charge >= 0.3 is 0 Å². The first-order chi connectivity index (χ1) is 9.83. The molecule has 3 rings (SSSR count). The van der Waals surface area contributed by atoms with Gasteiger partial charge in [0.1, 0.15) is 6.10 Å². The number of carbonyl (C=O) groups is 1. The van der Waals surface area contributed by atoms with Gasteiger partial charge in [0.05, 0.1) is 5.69 Å². The number of rotatable bonds is 3. The number of ether oxygens (including phenoxy) is 1. The molecule has 0 saturated carbocycles. The van der Waals surface area contributed by atoms with Crippen LogP contribution in [0.15, 0.2) is 36.5 Å². The van der Waals surface area contributed by atoms with Crippen molar-refractivity contribution in [2.45, 2.75) is 25.4 Å². The second kappa shape index (κ2) is 5.88. The van der Waals surface area contributed by atoms with Crippen LogP contribution in [0.4, 0.5) is 5.69 Å². The minimum atomic E-state index is -0.309. The molecule has 2 N–H and O–H groups in total. The fourth-order valence-electron chi connectivity index (χ4n) is 2.32. The van der Waals surface area contributed by atoms with Gasteiger partial charge in [-0.05, 0) is 43.0 Å². The Morgan fingerprint density at radius 1 is 1.25 bits per heavy atom. The summed E-state index contributed by atoms with van der Waals surface area (Å²) in [5, 5.41) is 9.72. The first-order valence-electron chi connectivity index (χ1n) is 6.85. The van der Waals surface area contributed by atoms with Crippen molar-refractivity contribution in [3.8, 4) is 11.3 Å². The van der Waals surface area contributed by atoms with Crippen LogP contribution < -0.4 is 5.32 Å². The molecular formula is C15H17N3O2. The third-order valence-electron chi connectivity index (χ3n) is 3.44. The Hall–Kier alpha value is -2.14. The topological polar surface area (TPSA) is 67.0 Å². The van der Waals surface area contributed by atoms with Crippen molar-refractivity contribution in [1.29, 1.82) is 0 Å². The standard InChI is InChI=1S/C15H17N3O2/c19-15(14-3-1-2-10-20-14)17-12-6-4-11(5-7-12)13-8-9-16-18-13/h4-9,14H,1-3,10H2,(H,16,18)(H,17,19). The zero-order valence-electron chi connectivity index (χ0n) is 11.1. The van der Waals surface area contributed by atoms with E-state index in [1.807, 2.05) is 30.3 Å². The number of aromatic nitrogens is 2. The molecule has 1 aromatic heterocycles. The predicted octanol–water partition coefficient (Wildman–Crippen LogP) is 2.58. The molecule has 0 radical (unpaired) electrons. The molecule has 1 aromatic carbocycles. The van der Waals surface area contributed by atoms with Gasteiger partial charge in [0.2, 0.25) is 0 Å². The van der Waals surface area contributed by atoms with Crippen LogP contribution in [0.3, 0.4) is 0 Å². The fourth-order valence-corrected chi connectivity index (χ4v) is 2.32. The molecule has 2 heterocycles. The Bertz CT molecular complexity index is 557. The number of aromatic amines is 1. The monoisotopic (exact) mass is 271 g/mol. The fraction of sp³-hybridized carbons (Fsp3) is 0.333. The highest BCUT2D eigenvalue weighted by Crippen LogP contribution is 2.20. The van der Waals surface area contributed by atoms with Crippen molar-refractivity contribution in [1.82, 2.24) is 10.2 Å². The maximum atomic E-state index is 12.0. The van der Waals surface area contributed by atoms with Crippen LogP contribution in [-0.4, -0.2) is 28.8 Å². The van der Waals surface area contributed by atoms with E-state index in [1.165, 1.54) is 0 Å². The van der Waals surface area contributed by atoms with Gasteiger partial charge in [0.15, 0.2) is 0 Å². The average molecular weight is 271 g/mol. The maximum Gasteiger partial charge on any atom is 0.253 e. The van der Waals surface area contributed by atoms with E-state index in [0.717, 1.165) is 36.2 Å². The molecule has 1 unspecified atom stereocenters. The van der Waals surface area contributed by atoms with Crippen LogP contribution in [0.25, 0.3) is 11.3 Å². The molecule has 1 atom stereocenters. The lowest BCUT2D eigenvalue weighted by molar-refractivity contribution is -0.129. The quantitative estimate of drug-likeness (QED) is 0.901. The molecule has 1 aliphatic rings. The largest absolute Gasteiger partial charge is 0.368 e. The average Bonchev–Trinajstić information content (AvgIpc) is 3.03. The maximum absolute atomic E-state index is 12.0. The van der Waals surface area contributed by atoms with E-state index in [-0.39, 0.29) is 12.0 Å². The van der Waals surface area contributed by atoms with Crippen molar-refractivity contribution < 1.29 is 9.53 Å². The number of carbonyl (C=O) groups excluding carboxylic acids is 1. The molecular weight excluding hydrogens is 254 g/mol. The highest BCUT2D eigenvalue weighted by atomic mass is 16.5. The van der Waals surface area contributed by atoms with Gasteiger partial charge in [-0.25, -0.2) is 0 Å². The summed E-state index contributed by atoms with van der Waals surface area (Å²) in [6, 6.07) is 9.58. The van der Waals surface area contributed by atoms with Crippen LogP contribution in [0.2, 0.25) is 0 Å². The Balaban J connectivity index is 1.64. The van der Waals surface area contributed by atoms with Crippen molar-refractivity contribution >= 4 is 11.6 Å². The van der Waals surface area contributed by atoms with E-state index in [9.17, 15) is 4.79 Å². The summed E-state index contributed by atoms with van der Waals surface area (Å²) in [5.41, 5.74) is 2.78. The summed E-state index contributed by atoms with van der Waals surface area (Å²) >= 11 is 0. The zero-order valence-corrected chi connectivity index (χ0v) is 11.1. The van der Waals surface area contributed by atoms with Crippen LogP contribution >= 0.6 is 0 Å². The van der Waals surface area contributed by atoms with Crippen molar-refractivity contribution in [2.24, 2.45) is 0 Å². The smallest absolute Gasteiger partial charge is 0.253 e. The van der Waals surface area contributed by atoms with Gasteiger partial charge < -0.3 is 10.1 Å². The number of amides is 1. The number of anilines is 1. The second-order valence-corrected chi connectivity index (χ2v) is 4.89. The summed E-state index contributed by atoms with van der Waals surface area (Å²) in [5.74, 6) is -0.0565. The Labute approximate surface area is 117 Å². The first-order valence-corrected chi connectivity index (χ1v) is 6.85. The van der Waals surface area contributed by atoms with E-state index in [4.69, 9.17) is 4.74 Å². The number of hydrogen-bond acceptors (Lipinski definition) is 3. The van der Waals surface area contributed by atoms with Crippen molar-refractivity contribution in [2.75, 3.05) is 11.9 Å². The highest BCUT2D eigenvalue weighted by Gasteiger charge is 2.21. The number of hydrogen-bond donors (Lipinski definition) is 2. The third-order valence-corrected chi connectivity index (χ3v) is 3.44. The van der Waals surface area contributed by atoms with Crippen LogP contribution in [0.5, 0.6) is 0 Å². The third kappa shape index (κ3) is 2.88. The van der Waals surface area contributed by atoms with E-state index < -0.39 is 0 Å². The molecule has 2 aromatic rings. The van der Waals surface area contributed by atoms with E-state index in [2.05, 4.69) is 15.5 Å². The summed E-state index contributed by atoms with van der Waals surface area (Å²) in [4.78, 5) is 12.0. The lowest BCUT2D eigenvalue weighted by atomic mass is 10.1. The van der Waals surface area contributed by atoms with Crippen LogP contribution in [-0.2, 0) is 9.53 Å². The van der Waals surface area contributed by atoms with Gasteiger partial charge in [-0.2, -0.15) is 5.10 Å². The van der Waals surface area contributed by atoms with Crippen LogP contribution in [0, 0.1) is 0 Å². The van der Waals surface area contributed by atoms with Gasteiger partial charge in [0, 0.05) is 18.5 Å². The van der Waals surface area contributed by atoms with E-state index >= 15 is 0 Å². The molecule has 1 aliphatic heterocycles. The summed E-state index contributed by atoms with van der Waals surface area (Å²) in [6.45, 7) is 0.677. The summed E-state index contributed by atoms with van der Waals surface area (Å²) < 4.78 is 5.47. The Morgan fingerprint density at radius 3 is 2.75 bits per heavy atom. The number of H-pyrrole nitrogens is 1. The summed E-state index contributed by atoms with van der Waals surface area (Å²) in [6.07, 6.45) is 4.30. The highest BCUT2D eigenvalue weighted by molar-refractivity contribution is 5.94. The molecule has 0 spiro atoms.